The number of benzene rings is 1. The summed E-state index contributed by atoms with van der Waals surface area (Å²) in [4.78, 5) is 17.6. The minimum atomic E-state index is -3.91. The van der Waals surface area contributed by atoms with Crippen molar-refractivity contribution in [1.29, 1.82) is 0 Å². The first-order chi connectivity index (χ1) is 12.3. The molecular weight excluding hydrogens is 397 g/mol. The lowest BCUT2D eigenvalue weighted by molar-refractivity contribution is 0.0954. The summed E-state index contributed by atoms with van der Waals surface area (Å²) in [7, 11) is -3.91. The molecule has 2 aromatic heterocycles. The molecule has 136 valence electrons. The SMILES string of the molecule is Cc1nc(NS(=O)(=O)c2ccc(F)cc2)sc1C(=O)NCc1cccs1. The average Bonchev–Trinajstić information content (AvgIpc) is 3.22. The Hall–Kier alpha value is -2.30. The molecule has 2 heterocycles. The van der Waals surface area contributed by atoms with Crippen molar-refractivity contribution in [2.75, 3.05) is 4.72 Å². The molecule has 0 bridgehead atoms. The predicted octanol–water partition coefficient (Wildman–Crippen LogP) is 3.38. The molecule has 0 saturated heterocycles. The van der Waals surface area contributed by atoms with E-state index in [2.05, 4.69) is 15.0 Å². The number of thiazole rings is 1. The molecule has 0 aliphatic heterocycles. The van der Waals surface area contributed by atoms with E-state index < -0.39 is 15.8 Å². The van der Waals surface area contributed by atoms with E-state index >= 15 is 0 Å². The smallest absolute Gasteiger partial charge is 0.263 e. The molecule has 0 unspecified atom stereocenters. The van der Waals surface area contributed by atoms with Crippen molar-refractivity contribution in [1.82, 2.24) is 10.3 Å². The van der Waals surface area contributed by atoms with Crippen molar-refractivity contribution in [2.45, 2.75) is 18.4 Å². The Kier molecular flexibility index (Phi) is 5.35. The molecular formula is C16H14FN3O3S3. The van der Waals surface area contributed by atoms with E-state index in [4.69, 9.17) is 0 Å². The van der Waals surface area contributed by atoms with Crippen molar-refractivity contribution in [3.63, 3.8) is 0 Å². The van der Waals surface area contributed by atoms with E-state index in [1.807, 2.05) is 17.5 Å². The molecule has 0 atom stereocenters. The van der Waals surface area contributed by atoms with Gasteiger partial charge in [0.2, 0.25) is 0 Å². The van der Waals surface area contributed by atoms with E-state index in [9.17, 15) is 17.6 Å². The van der Waals surface area contributed by atoms with Gasteiger partial charge in [0, 0.05) is 4.88 Å². The number of sulfonamides is 1. The van der Waals surface area contributed by atoms with Gasteiger partial charge >= 0.3 is 0 Å². The third-order valence-electron chi connectivity index (χ3n) is 3.35. The van der Waals surface area contributed by atoms with Crippen LogP contribution in [0.25, 0.3) is 0 Å². The third kappa shape index (κ3) is 4.26. The number of anilines is 1. The van der Waals surface area contributed by atoms with Crippen LogP contribution in [0.15, 0.2) is 46.7 Å². The molecule has 0 spiro atoms. The number of nitrogens with zero attached hydrogens (tertiary/aromatic N) is 1. The quantitative estimate of drug-likeness (QED) is 0.651. The second-order valence-electron chi connectivity index (χ2n) is 5.26. The van der Waals surface area contributed by atoms with Crippen LogP contribution in [-0.2, 0) is 16.6 Å². The molecule has 6 nitrogen and oxygen atoms in total. The van der Waals surface area contributed by atoms with Crippen LogP contribution in [0.5, 0.6) is 0 Å². The Morgan fingerprint density at radius 2 is 1.96 bits per heavy atom. The third-order valence-corrected chi connectivity index (χ3v) is 6.78. The van der Waals surface area contributed by atoms with Gasteiger partial charge in [0.05, 0.1) is 17.1 Å². The highest BCUT2D eigenvalue weighted by molar-refractivity contribution is 7.93. The summed E-state index contributed by atoms with van der Waals surface area (Å²) in [6, 6.07) is 8.24. The number of carbonyl (C=O) groups excluding carboxylic acids is 1. The van der Waals surface area contributed by atoms with Gasteiger partial charge in [-0.15, -0.1) is 11.3 Å². The number of aryl methyl sites for hydroxylation is 1. The van der Waals surface area contributed by atoms with Crippen LogP contribution in [0.4, 0.5) is 9.52 Å². The van der Waals surface area contributed by atoms with Gasteiger partial charge in [-0.2, -0.15) is 0 Å². The molecule has 3 rings (SSSR count). The predicted molar refractivity (Wildman–Crippen MR) is 99.5 cm³/mol. The summed E-state index contributed by atoms with van der Waals surface area (Å²) >= 11 is 2.48. The summed E-state index contributed by atoms with van der Waals surface area (Å²) in [5, 5.41) is 4.77. The molecule has 0 fully saturated rings. The Morgan fingerprint density at radius 3 is 2.62 bits per heavy atom. The highest BCUT2D eigenvalue weighted by Gasteiger charge is 2.20. The van der Waals surface area contributed by atoms with Gasteiger partial charge < -0.3 is 5.32 Å². The average molecular weight is 412 g/mol. The Morgan fingerprint density at radius 1 is 1.23 bits per heavy atom. The van der Waals surface area contributed by atoms with Gasteiger partial charge in [0.15, 0.2) is 5.13 Å². The Bertz CT molecular complexity index is 1010. The van der Waals surface area contributed by atoms with Gasteiger partial charge in [-0.3, -0.25) is 9.52 Å². The van der Waals surface area contributed by atoms with E-state index in [0.717, 1.165) is 40.5 Å². The summed E-state index contributed by atoms with van der Waals surface area (Å²) in [6.07, 6.45) is 0. The lowest BCUT2D eigenvalue weighted by atomic mass is 10.3. The first kappa shape index (κ1) is 18.5. The van der Waals surface area contributed by atoms with Gasteiger partial charge in [0.25, 0.3) is 15.9 Å². The van der Waals surface area contributed by atoms with Crippen molar-refractivity contribution >= 4 is 43.7 Å². The number of aromatic nitrogens is 1. The van der Waals surface area contributed by atoms with Crippen LogP contribution in [0.1, 0.15) is 20.2 Å². The van der Waals surface area contributed by atoms with Crippen molar-refractivity contribution in [2.24, 2.45) is 0 Å². The fourth-order valence-electron chi connectivity index (χ4n) is 2.10. The number of hydrogen-bond donors (Lipinski definition) is 2. The molecule has 0 radical (unpaired) electrons. The number of amides is 1. The number of thiophene rings is 1. The molecule has 1 aromatic carbocycles. The van der Waals surface area contributed by atoms with Crippen LogP contribution in [0, 0.1) is 12.7 Å². The molecule has 10 heteroatoms. The first-order valence-electron chi connectivity index (χ1n) is 7.41. The molecule has 0 saturated carbocycles. The first-order valence-corrected chi connectivity index (χ1v) is 10.6. The highest BCUT2D eigenvalue weighted by atomic mass is 32.2. The zero-order chi connectivity index (χ0) is 18.7. The number of carbonyl (C=O) groups is 1. The van der Waals surface area contributed by atoms with Crippen LogP contribution >= 0.6 is 22.7 Å². The Labute approximate surface area is 157 Å². The summed E-state index contributed by atoms with van der Waals surface area (Å²) in [5.41, 5.74) is 0.426. The van der Waals surface area contributed by atoms with Crippen molar-refractivity contribution in [3.05, 3.63) is 63.0 Å². The van der Waals surface area contributed by atoms with E-state index in [1.165, 1.54) is 11.3 Å². The maximum absolute atomic E-state index is 13.0. The van der Waals surface area contributed by atoms with E-state index in [-0.39, 0.29) is 15.9 Å². The molecule has 0 aliphatic rings. The normalized spacial score (nSPS) is 11.3. The zero-order valence-corrected chi connectivity index (χ0v) is 16.0. The molecule has 0 aliphatic carbocycles. The van der Waals surface area contributed by atoms with Gasteiger partial charge in [-0.25, -0.2) is 17.8 Å². The zero-order valence-electron chi connectivity index (χ0n) is 13.5. The van der Waals surface area contributed by atoms with Crippen LogP contribution in [0.2, 0.25) is 0 Å². The van der Waals surface area contributed by atoms with Crippen molar-refractivity contribution in [3.8, 4) is 0 Å². The van der Waals surface area contributed by atoms with Crippen molar-refractivity contribution < 1.29 is 17.6 Å². The summed E-state index contributed by atoms with van der Waals surface area (Å²) in [6.45, 7) is 2.02. The number of nitrogens with one attached hydrogen (secondary N) is 2. The number of hydrogen-bond acceptors (Lipinski definition) is 6. The Balaban J connectivity index is 1.73. The molecule has 2 N–H and O–H groups in total. The van der Waals surface area contributed by atoms with Crippen LogP contribution in [0.3, 0.4) is 0 Å². The monoisotopic (exact) mass is 411 g/mol. The summed E-state index contributed by atoms with van der Waals surface area (Å²) in [5.74, 6) is -0.848. The van der Waals surface area contributed by atoms with Crippen LogP contribution < -0.4 is 10.0 Å². The minimum Gasteiger partial charge on any atom is -0.346 e. The number of rotatable bonds is 6. The largest absolute Gasteiger partial charge is 0.346 e. The second-order valence-corrected chi connectivity index (χ2v) is 8.97. The maximum Gasteiger partial charge on any atom is 0.263 e. The standard InChI is InChI=1S/C16H14FN3O3S3/c1-10-14(15(21)18-9-12-3-2-8-24-12)25-16(19-10)20-26(22,23)13-6-4-11(17)5-7-13/h2-8H,9H2,1H3,(H,18,21)(H,19,20). The second kappa shape index (κ2) is 7.52. The molecule has 3 aromatic rings. The van der Waals surface area contributed by atoms with E-state index in [0.29, 0.717) is 17.1 Å². The van der Waals surface area contributed by atoms with Gasteiger partial charge in [0.1, 0.15) is 10.7 Å². The molecule has 26 heavy (non-hydrogen) atoms. The van der Waals surface area contributed by atoms with Gasteiger partial charge in [-0.1, -0.05) is 17.4 Å². The maximum atomic E-state index is 13.0. The van der Waals surface area contributed by atoms with Crippen LogP contribution in [-0.4, -0.2) is 19.3 Å². The highest BCUT2D eigenvalue weighted by Crippen LogP contribution is 2.25. The van der Waals surface area contributed by atoms with E-state index in [1.54, 1.807) is 6.92 Å². The lowest BCUT2D eigenvalue weighted by Gasteiger charge is -2.04. The lowest BCUT2D eigenvalue weighted by Crippen LogP contribution is -2.22. The minimum absolute atomic E-state index is 0.0769. The van der Waals surface area contributed by atoms with Gasteiger partial charge in [-0.05, 0) is 42.6 Å². The topological polar surface area (TPSA) is 88.2 Å². The fourth-order valence-corrected chi connectivity index (χ4v) is 4.86. The molecule has 1 amide bonds. The number of halogens is 1. The summed E-state index contributed by atoms with van der Waals surface area (Å²) < 4.78 is 39.9. The fraction of sp³-hybridized carbons (Fsp3) is 0.125.